The molecule has 4 heteroatoms. The average molecular weight is 186 g/mol. The second-order valence-electron chi connectivity index (χ2n) is 2.56. The van der Waals surface area contributed by atoms with Crippen molar-refractivity contribution in [2.24, 2.45) is 0 Å². The third-order valence-electron chi connectivity index (χ3n) is 1.29. The quantitative estimate of drug-likeness (QED) is 0.284. The molecule has 4 nitrogen and oxygen atoms in total. The summed E-state index contributed by atoms with van der Waals surface area (Å²) in [5, 5.41) is 0. The number of carbonyl (C=O) groups excluding carboxylic acids is 2. The molecule has 0 saturated carbocycles. The van der Waals surface area contributed by atoms with Gasteiger partial charge in [0, 0.05) is 6.92 Å². The lowest BCUT2D eigenvalue weighted by Crippen LogP contribution is -2.08. The zero-order valence-corrected chi connectivity index (χ0v) is 7.75. The molecule has 0 fully saturated rings. The largest absolute Gasteiger partial charge is 0.355 e. The number of hydrogen-bond donors (Lipinski definition) is 0. The van der Waals surface area contributed by atoms with Gasteiger partial charge < -0.3 is 0 Å². The third kappa shape index (κ3) is 8.59. The summed E-state index contributed by atoms with van der Waals surface area (Å²) in [4.78, 5) is 29.2. The van der Waals surface area contributed by atoms with Crippen LogP contribution in [0.25, 0.3) is 0 Å². The van der Waals surface area contributed by atoms with Gasteiger partial charge in [0.05, 0.1) is 6.42 Å². The standard InChI is InChI=1S/C9H14O4/c1-3-4-5-6-7-9(11)13-12-8(2)10/h3H,1,4-7H2,2H3. The van der Waals surface area contributed by atoms with Crippen molar-refractivity contribution in [2.45, 2.75) is 32.6 Å². The second-order valence-corrected chi connectivity index (χ2v) is 2.56. The molecule has 0 aliphatic heterocycles. The van der Waals surface area contributed by atoms with Gasteiger partial charge in [0.15, 0.2) is 0 Å². The van der Waals surface area contributed by atoms with E-state index in [0.29, 0.717) is 6.42 Å². The van der Waals surface area contributed by atoms with Crippen LogP contribution in [0.4, 0.5) is 0 Å². The highest BCUT2D eigenvalue weighted by atomic mass is 17.2. The van der Waals surface area contributed by atoms with Crippen molar-refractivity contribution in [3.63, 3.8) is 0 Å². The van der Waals surface area contributed by atoms with Gasteiger partial charge in [-0.3, -0.25) is 0 Å². The molecule has 0 spiro atoms. The summed E-state index contributed by atoms with van der Waals surface area (Å²) >= 11 is 0. The molecule has 0 aromatic rings. The average Bonchev–Trinajstić information content (AvgIpc) is 2.09. The molecule has 0 N–H and O–H groups in total. The maximum Gasteiger partial charge on any atom is 0.355 e. The Hall–Kier alpha value is -1.32. The van der Waals surface area contributed by atoms with Crippen molar-refractivity contribution in [2.75, 3.05) is 0 Å². The Morgan fingerprint density at radius 2 is 2.00 bits per heavy atom. The molecular weight excluding hydrogens is 172 g/mol. The number of rotatable bonds is 5. The number of carbonyl (C=O) groups is 2. The fraction of sp³-hybridized carbons (Fsp3) is 0.556. The van der Waals surface area contributed by atoms with Gasteiger partial charge in [-0.1, -0.05) is 6.08 Å². The first-order valence-corrected chi connectivity index (χ1v) is 4.15. The summed E-state index contributed by atoms with van der Waals surface area (Å²) in [6, 6.07) is 0. The molecular formula is C9H14O4. The van der Waals surface area contributed by atoms with E-state index < -0.39 is 11.9 Å². The molecule has 0 heterocycles. The predicted octanol–water partition coefficient (Wildman–Crippen LogP) is 1.75. The molecule has 0 aromatic heterocycles. The van der Waals surface area contributed by atoms with E-state index in [2.05, 4.69) is 16.4 Å². The first kappa shape index (κ1) is 11.7. The van der Waals surface area contributed by atoms with Crippen molar-refractivity contribution in [1.29, 1.82) is 0 Å². The third-order valence-corrected chi connectivity index (χ3v) is 1.29. The van der Waals surface area contributed by atoms with Crippen molar-refractivity contribution in [1.82, 2.24) is 0 Å². The SMILES string of the molecule is C=CCCCCC(=O)OOC(C)=O. The Bertz CT molecular complexity index is 186. The smallest absolute Gasteiger partial charge is 0.248 e. The lowest BCUT2D eigenvalue weighted by Gasteiger charge is -1.99. The molecule has 74 valence electrons. The van der Waals surface area contributed by atoms with Crippen LogP contribution in [0.3, 0.4) is 0 Å². The molecule has 0 bridgehead atoms. The molecule has 0 aromatic carbocycles. The fourth-order valence-electron chi connectivity index (χ4n) is 0.705. The van der Waals surface area contributed by atoms with Crippen LogP contribution in [-0.4, -0.2) is 11.9 Å². The minimum absolute atomic E-state index is 0.265. The molecule has 0 amide bonds. The Morgan fingerprint density at radius 3 is 2.54 bits per heavy atom. The summed E-state index contributed by atoms with van der Waals surface area (Å²) in [6.45, 7) is 4.72. The summed E-state index contributed by atoms with van der Waals surface area (Å²) in [5.41, 5.74) is 0. The summed E-state index contributed by atoms with van der Waals surface area (Å²) in [5.74, 6) is -1.14. The number of hydrogen-bond acceptors (Lipinski definition) is 4. The van der Waals surface area contributed by atoms with Gasteiger partial charge in [0.25, 0.3) is 0 Å². The number of allylic oxidation sites excluding steroid dienone is 1. The van der Waals surface area contributed by atoms with Gasteiger partial charge in [0.1, 0.15) is 0 Å². The van der Waals surface area contributed by atoms with Gasteiger partial charge in [-0.2, -0.15) is 0 Å². The Balaban J connectivity index is 3.30. The normalized spacial score (nSPS) is 9.00. The van der Waals surface area contributed by atoms with E-state index in [1.165, 1.54) is 6.92 Å². The summed E-state index contributed by atoms with van der Waals surface area (Å²) < 4.78 is 0. The van der Waals surface area contributed by atoms with Crippen molar-refractivity contribution < 1.29 is 19.4 Å². The first-order valence-electron chi connectivity index (χ1n) is 4.15. The van der Waals surface area contributed by atoms with Crippen LogP contribution >= 0.6 is 0 Å². The van der Waals surface area contributed by atoms with Crippen LogP contribution in [0.2, 0.25) is 0 Å². The van der Waals surface area contributed by atoms with Crippen molar-refractivity contribution >= 4 is 11.9 Å². The van der Waals surface area contributed by atoms with Crippen LogP contribution in [0.1, 0.15) is 32.6 Å². The monoisotopic (exact) mass is 186 g/mol. The van der Waals surface area contributed by atoms with Gasteiger partial charge in [0.2, 0.25) is 0 Å². The van der Waals surface area contributed by atoms with Crippen LogP contribution < -0.4 is 0 Å². The van der Waals surface area contributed by atoms with Gasteiger partial charge in [-0.25, -0.2) is 19.4 Å². The maximum atomic E-state index is 10.8. The molecule has 0 saturated heterocycles. The van der Waals surface area contributed by atoms with E-state index in [0.717, 1.165) is 12.8 Å². The van der Waals surface area contributed by atoms with E-state index in [1.807, 2.05) is 0 Å². The minimum atomic E-state index is -0.626. The van der Waals surface area contributed by atoms with E-state index in [-0.39, 0.29) is 6.42 Å². The lowest BCUT2D eigenvalue weighted by atomic mass is 10.2. The highest BCUT2D eigenvalue weighted by Gasteiger charge is 2.04. The molecule has 0 atom stereocenters. The zero-order valence-electron chi connectivity index (χ0n) is 7.75. The maximum absolute atomic E-state index is 10.8. The molecule has 0 rings (SSSR count). The lowest BCUT2D eigenvalue weighted by molar-refractivity contribution is -0.257. The van der Waals surface area contributed by atoms with Crippen molar-refractivity contribution in [3.8, 4) is 0 Å². The Kier molecular flexibility index (Phi) is 6.59. The highest BCUT2D eigenvalue weighted by molar-refractivity contribution is 5.71. The van der Waals surface area contributed by atoms with Crippen LogP contribution in [0.5, 0.6) is 0 Å². The second kappa shape index (κ2) is 7.34. The topological polar surface area (TPSA) is 52.6 Å². The molecule has 0 aliphatic rings. The Labute approximate surface area is 77.4 Å². The summed E-state index contributed by atoms with van der Waals surface area (Å²) in [6.07, 6.45) is 4.53. The summed E-state index contributed by atoms with van der Waals surface area (Å²) in [7, 11) is 0. The molecule has 13 heavy (non-hydrogen) atoms. The van der Waals surface area contributed by atoms with E-state index in [4.69, 9.17) is 0 Å². The minimum Gasteiger partial charge on any atom is -0.248 e. The van der Waals surface area contributed by atoms with Gasteiger partial charge in [-0.05, 0) is 19.3 Å². The Morgan fingerprint density at radius 1 is 1.31 bits per heavy atom. The molecule has 0 radical (unpaired) electrons. The highest BCUT2D eigenvalue weighted by Crippen LogP contribution is 2.01. The first-order chi connectivity index (χ1) is 6.16. The van der Waals surface area contributed by atoms with Crippen LogP contribution in [0, 0.1) is 0 Å². The van der Waals surface area contributed by atoms with Crippen LogP contribution in [-0.2, 0) is 19.4 Å². The molecule has 0 aliphatic carbocycles. The van der Waals surface area contributed by atoms with Crippen molar-refractivity contribution in [3.05, 3.63) is 12.7 Å². The number of unbranched alkanes of at least 4 members (excludes halogenated alkanes) is 2. The van der Waals surface area contributed by atoms with Gasteiger partial charge >= 0.3 is 11.9 Å². The van der Waals surface area contributed by atoms with E-state index in [9.17, 15) is 9.59 Å². The fourth-order valence-corrected chi connectivity index (χ4v) is 0.705. The molecule has 0 unspecified atom stereocenters. The predicted molar refractivity (Wildman–Crippen MR) is 46.5 cm³/mol. The zero-order chi connectivity index (χ0) is 10.1. The van der Waals surface area contributed by atoms with E-state index in [1.54, 1.807) is 6.08 Å². The van der Waals surface area contributed by atoms with E-state index >= 15 is 0 Å². The van der Waals surface area contributed by atoms with Crippen LogP contribution in [0.15, 0.2) is 12.7 Å². The van der Waals surface area contributed by atoms with Gasteiger partial charge in [-0.15, -0.1) is 6.58 Å².